The minimum atomic E-state index is -0.107. The van der Waals surface area contributed by atoms with Crippen LogP contribution >= 0.6 is 0 Å². The Balaban J connectivity index is 1.01. The van der Waals surface area contributed by atoms with E-state index in [2.05, 4.69) is 214 Å². The van der Waals surface area contributed by atoms with Crippen molar-refractivity contribution in [2.24, 2.45) is 0 Å². The second-order valence-corrected chi connectivity index (χ2v) is 19.0. The molecule has 0 amide bonds. The average molecular weight is 813 g/mol. The van der Waals surface area contributed by atoms with Gasteiger partial charge in [0.05, 0.1) is 0 Å². The zero-order valence-corrected chi connectivity index (χ0v) is 36.0. The second-order valence-electron chi connectivity index (χ2n) is 19.0. The van der Waals surface area contributed by atoms with Crippen molar-refractivity contribution in [3.05, 3.63) is 250 Å². The molecule has 0 bridgehead atoms. The summed E-state index contributed by atoms with van der Waals surface area (Å²) in [6.45, 7) is 4.82. The van der Waals surface area contributed by atoms with E-state index in [0.29, 0.717) is 0 Å². The monoisotopic (exact) mass is 812 g/mol. The predicted molar refractivity (Wildman–Crippen MR) is 270 cm³/mol. The van der Waals surface area contributed by atoms with E-state index in [1.807, 2.05) is 0 Å². The van der Waals surface area contributed by atoms with Crippen molar-refractivity contribution in [3.63, 3.8) is 0 Å². The van der Waals surface area contributed by atoms with E-state index in [0.717, 1.165) is 12.8 Å². The Morgan fingerprint density at radius 3 is 1.70 bits per heavy atom. The van der Waals surface area contributed by atoms with E-state index in [1.54, 1.807) is 0 Å². The molecular formula is C64H44. The van der Waals surface area contributed by atoms with E-state index in [4.69, 9.17) is 0 Å². The van der Waals surface area contributed by atoms with Crippen LogP contribution in [0.15, 0.2) is 200 Å². The van der Waals surface area contributed by atoms with Crippen molar-refractivity contribution in [1.82, 2.24) is 0 Å². The smallest absolute Gasteiger partial charge is 0.0343 e. The molecule has 0 fully saturated rings. The van der Waals surface area contributed by atoms with Gasteiger partial charge in [-0.1, -0.05) is 202 Å². The molecule has 0 spiro atoms. The van der Waals surface area contributed by atoms with E-state index < -0.39 is 0 Å². The number of hydrogen-bond donors (Lipinski definition) is 0. The molecule has 0 aliphatic heterocycles. The van der Waals surface area contributed by atoms with Gasteiger partial charge in [-0.25, -0.2) is 0 Å². The SMILES string of the molecule is CC1(C)c2ccccc2-c2ccc(C(c3ccc4c5ccccc5c5ccccc5c4c3)c3cccc4c3Cc3c-4cc4ccccc4c3-c3cccc4c3Cc3ccccc3-4)cc21. The lowest BCUT2D eigenvalue weighted by atomic mass is 9.77. The van der Waals surface area contributed by atoms with Gasteiger partial charge in [0, 0.05) is 11.3 Å². The summed E-state index contributed by atoms with van der Waals surface area (Å²) in [5, 5.41) is 10.5. The van der Waals surface area contributed by atoms with Gasteiger partial charge in [-0.05, 0) is 163 Å². The van der Waals surface area contributed by atoms with Gasteiger partial charge in [0.15, 0.2) is 0 Å². The molecule has 0 saturated heterocycles. The molecule has 64 heavy (non-hydrogen) atoms. The highest BCUT2D eigenvalue weighted by Crippen LogP contribution is 2.54. The average Bonchev–Trinajstić information content (AvgIpc) is 3.99. The maximum absolute atomic E-state index is 2.56. The molecule has 0 heterocycles. The largest absolute Gasteiger partial charge is 0.0619 e. The molecule has 300 valence electrons. The molecule has 0 heteroatoms. The maximum Gasteiger partial charge on any atom is 0.0343 e. The van der Waals surface area contributed by atoms with Crippen LogP contribution in [0.2, 0.25) is 0 Å². The van der Waals surface area contributed by atoms with Crippen molar-refractivity contribution in [3.8, 4) is 44.5 Å². The number of hydrogen-bond acceptors (Lipinski definition) is 0. The molecule has 3 aliphatic rings. The fraction of sp³-hybridized carbons (Fsp3) is 0.0938. The summed E-state index contributed by atoms with van der Waals surface area (Å²) in [5.74, 6) is 0.0112. The standard InChI is InChI=1S/C64H44/c1-64(2)60-28-12-11-23-51(60)52-32-30-41(36-61(52)64)62(40-29-31-50-47-21-8-7-19-45(47)46-20-9-10-22-48(46)55(50)35-40)53-26-14-25-49-57-34-39-16-4-6-18-43(39)63(59(57)37-58(49)53)54-27-13-24-44-42-17-5-3-15-38(42)33-56(44)54/h3-32,34-36,62H,33,37H2,1-2H3. The van der Waals surface area contributed by atoms with Gasteiger partial charge < -0.3 is 0 Å². The summed E-state index contributed by atoms with van der Waals surface area (Å²) in [6.07, 6.45) is 1.85. The summed E-state index contributed by atoms with van der Waals surface area (Å²) >= 11 is 0. The molecule has 1 atom stereocenters. The molecule has 14 rings (SSSR count). The lowest BCUT2D eigenvalue weighted by Crippen LogP contribution is -2.16. The van der Waals surface area contributed by atoms with Crippen molar-refractivity contribution in [2.75, 3.05) is 0 Å². The lowest BCUT2D eigenvalue weighted by molar-refractivity contribution is 0.659. The Morgan fingerprint density at radius 1 is 0.344 bits per heavy atom. The first-order valence-electron chi connectivity index (χ1n) is 23.0. The van der Waals surface area contributed by atoms with Gasteiger partial charge in [0.2, 0.25) is 0 Å². The molecule has 3 aliphatic carbocycles. The van der Waals surface area contributed by atoms with E-state index in [-0.39, 0.29) is 11.3 Å². The Kier molecular flexibility index (Phi) is 7.45. The van der Waals surface area contributed by atoms with Gasteiger partial charge >= 0.3 is 0 Å². The number of rotatable bonds is 4. The highest BCUT2D eigenvalue weighted by molar-refractivity contribution is 6.25. The predicted octanol–water partition coefficient (Wildman–Crippen LogP) is 16.6. The van der Waals surface area contributed by atoms with Gasteiger partial charge in [-0.2, -0.15) is 0 Å². The van der Waals surface area contributed by atoms with E-state index >= 15 is 0 Å². The molecule has 11 aromatic carbocycles. The van der Waals surface area contributed by atoms with Crippen molar-refractivity contribution in [2.45, 2.75) is 38.0 Å². The topological polar surface area (TPSA) is 0 Å². The van der Waals surface area contributed by atoms with E-state index in [1.165, 1.54) is 138 Å². The summed E-state index contributed by atoms with van der Waals surface area (Å²) < 4.78 is 0. The lowest BCUT2D eigenvalue weighted by Gasteiger charge is -2.26. The Bertz CT molecular complexity index is 3780. The Labute approximate surface area is 374 Å². The highest BCUT2D eigenvalue weighted by atomic mass is 14.4. The summed E-state index contributed by atoms with van der Waals surface area (Å²) in [4.78, 5) is 0. The fourth-order valence-corrected chi connectivity index (χ4v) is 12.6. The maximum atomic E-state index is 2.56. The van der Waals surface area contributed by atoms with Crippen LogP contribution in [-0.4, -0.2) is 0 Å². The van der Waals surface area contributed by atoms with Crippen LogP contribution in [0.1, 0.15) is 69.8 Å². The first-order chi connectivity index (χ1) is 31.5. The van der Waals surface area contributed by atoms with Crippen molar-refractivity contribution in [1.29, 1.82) is 0 Å². The van der Waals surface area contributed by atoms with Crippen molar-refractivity contribution < 1.29 is 0 Å². The zero-order chi connectivity index (χ0) is 42.3. The molecular weight excluding hydrogens is 769 g/mol. The quantitative estimate of drug-likeness (QED) is 0.123. The third-order valence-corrected chi connectivity index (χ3v) is 15.5. The molecule has 11 aromatic rings. The second kappa shape index (κ2) is 13.2. The van der Waals surface area contributed by atoms with Crippen LogP contribution in [0, 0.1) is 0 Å². The third-order valence-electron chi connectivity index (χ3n) is 15.5. The molecule has 0 aromatic heterocycles. The van der Waals surface area contributed by atoms with E-state index in [9.17, 15) is 0 Å². The normalized spacial score (nSPS) is 14.3. The van der Waals surface area contributed by atoms with Crippen LogP contribution in [-0.2, 0) is 18.3 Å². The first kappa shape index (κ1) is 36.0. The zero-order valence-electron chi connectivity index (χ0n) is 36.0. The summed E-state index contributed by atoms with van der Waals surface area (Å²) in [5.41, 5.74) is 23.6. The Morgan fingerprint density at radius 2 is 0.906 bits per heavy atom. The summed E-state index contributed by atoms with van der Waals surface area (Å²) in [7, 11) is 0. The van der Waals surface area contributed by atoms with Crippen LogP contribution in [0.4, 0.5) is 0 Å². The molecule has 0 saturated carbocycles. The van der Waals surface area contributed by atoms with Crippen LogP contribution in [0.3, 0.4) is 0 Å². The van der Waals surface area contributed by atoms with Gasteiger partial charge in [0.1, 0.15) is 0 Å². The molecule has 0 nitrogen and oxygen atoms in total. The highest BCUT2D eigenvalue weighted by Gasteiger charge is 2.37. The van der Waals surface area contributed by atoms with Gasteiger partial charge in [-0.3, -0.25) is 0 Å². The third kappa shape index (κ3) is 4.94. The van der Waals surface area contributed by atoms with Crippen LogP contribution in [0.25, 0.3) is 87.6 Å². The minimum Gasteiger partial charge on any atom is -0.0619 e. The Hall–Kier alpha value is -7.54. The fourth-order valence-electron chi connectivity index (χ4n) is 12.6. The van der Waals surface area contributed by atoms with Gasteiger partial charge in [-0.15, -0.1) is 0 Å². The van der Waals surface area contributed by atoms with Crippen LogP contribution in [0.5, 0.6) is 0 Å². The van der Waals surface area contributed by atoms with Crippen molar-refractivity contribution >= 4 is 43.1 Å². The molecule has 0 N–H and O–H groups in total. The first-order valence-corrected chi connectivity index (χ1v) is 23.0. The van der Waals surface area contributed by atoms with Gasteiger partial charge in [0.25, 0.3) is 0 Å². The number of benzene rings is 11. The molecule has 1 unspecified atom stereocenters. The molecule has 0 radical (unpaired) electrons. The summed E-state index contributed by atoms with van der Waals surface area (Å²) in [6, 6.07) is 76.5. The number of fused-ring (bicyclic) bond motifs is 16. The van der Waals surface area contributed by atoms with Crippen LogP contribution < -0.4 is 0 Å². The minimum absolute atomic E-state index is 0.0112.